The molecule has 10 heteroatoms. The number of amides is 1. The molecule has 0 aromatic heterocycles. The Morgan fingerprint density at radius 1 is 0.467 bits per heavy atom. The monoisotopic (exact) mass is 1080 g/mol. The molecule has 0 saturated heterocycles. The molecule has 9 nitrogen and oxygen atoms in total. The van der Waals surface area contributed by atoms with Crippen LogP contribution < -0.4 is 5.32 Å². The van der Waals surface area contributed by atoms with Crippen LogP contribution in [-0.4, -0.2) is 74.3 Å². The van der Waals surface area contributed by atoms with Gasteiger partial charge in [0, 0.05) is 12.8 Å². The van der Waals surface area contributed by atoms with Gasteiger partial charge in [0.15, 0.2) is 0 Å². The number of hydrogen-bond acceptors (Lipinski definition) is 6. The van der Waals surface area contributed by atoms with Crippen molar-refractivity contribution in [3.05, 3.63) is 36.5 Å². The molecular weight excluding hydrogens is 952 g/mol. The zero-order chi connectivity index (χ0) is 55.0. The SMILES string of the molecule is CCCCC/C=C\C/C=C\CCCCCCCCCCCCCCCC(=O)NC(COP(=O)(O)OCC[N+](C)(C)C)C(/C=C\CCCCCCCCCCCC)OC(=O)CCCCCCCCCCCCCCCC. The molecule has 0 aliphatic heterocycles. The molecule has 3 unspecified atom stereocenters. The number of phosphoric ester groups is 1. The number of rotatable bonds is 59. The number of carbonyl (C=O) groups is 2. The molecule has 0 aromatic carbocycles. The molecule has 0 saturated carbocycles. The smallest absolute Gasteiger partial charge is 0.456 e. The van der Waals surface area contributed by atoms with Gasteiger partial charge in [0.25, 0.3) is 0 Å². The highest BCUT2D eigenvalue weighted by molar-refractivity contribution is 7.47. The summed E-state index contributed by atoms with van der Waals surface area (Å²) >= 11 is 0. The van der Waals surface area contributed by atoms with Crippen LogP contribution in [0.1, 0.15) is 316 Å². The molecule has 0 fully saturated rings. The Bertz CT molecular complexity index is 1380. The molecule has 75 heavy (non-hydrogen) atoms. The van der Waals surface area contributed by atoms with Crippen LogP contribution in [0, 0.1) is 0 Å². The van der Waals surface area contributed by atoms with E-state index < -0.39 is 20.0 Å². The van der Waals surface area contributed by atoms with E-state index in [1.807, 2.05) is 33.3 Å². The van der Waals surface area contributed by atoms with Gasteiger partial charge in [-0.1, -0.05) is 276 Å². The Balaban J connectivity index is 5.12. The van der Waals surface area contributed by atoms with Crippen LogP contribution in [0.3, 0.4) is 0 Å². The van der Waals surface area contributed by atoms with Crippen LogP contribution in [0.5, 0.6) is 0 Å². The maximum atomic E-state index is 13.6. The Hall–Kier alpha value is -1.77. The standard InChI is InChI=1S/C65H125N2O7P/c1-7-10-13-16-19-22-25-28-30-31-32-33-34-35-36-37-38-39-42-45-48-51-54-57-64(68)66-62(61-73-75(70,71)72-60-59-67(4,5)6)63(56-53-50-47-44-41-27-24-21-18-15-12-9-3)74-65(69)58-55-52-49-46-43-40-29-26-23-20-17-14-11-8-2/h19,22,28,30,53,56,62-63H,7-18,20-21,23-27,29,31-52,54-55,57-61H2,1-6H3,(H-,66,68,70,71)/p+1/b22-19-,30-28-,56-53-. The number of quaternary nitrogens is 1. The fraction of sp³-hybridized carbons (Fsp3) is 0.877. The first-order valence-electron chi connectivity index (χ1n) is 32.3. The number of ether oxygens (including phenoxy) is 1. The van der Waals surface area contributed by atoms with E-state index in [0.717, 1.165) is 64.2 Å². The van der Waals surface area contributed by atoms with Crippen LogP contribution in [-0.2, 0) is 27.9 Å². The molecule has 0 aromatic rings. The van der Waals surface area contributed by atoms with Crippen molar-refractivity contribution in [2.45, 2.75) is 328 Å². The third-order valence-corrected chi connectivity index (χ3v) is 15.6. The van der Waals surface area contributed by atoms with Crippen molar-refractivity contribution in [1.82, 2.24) is 5.32 Å². The van der Waals surface area contributed by atoms with E-state index in [2.05, 4.69) is 50.4 Å². The van der Waals surface area contributed by atoms with Crippen molar-refractivity contribution < 1.29 is 37.3 Å². The molecule has 0 spiro atoms. The number of phosphoric acid groups is 1. The van der Waals surface area contributed by atoms with E-state index in [9.17, 15) is 19.0 Å². The lowest BCUT2D eigenvalue weighted by Crippen LogP contribution is -2.47. The molecule has 1 amide bonds. The molecular formula is C65H126N2O7P+. The summed E-state index contributed by atoms with van der Waals surface area (Å²) in [6, 6.07) is -0.844. The lowest BCUT2D eigenvalue weighted by molar-refractivity contribution is -0.870. The quantitative estimate of drug-likeness (QED) is 0.0205. The van der Waals surface area contributed by atoms with Crippen LogP contribution in [0.2, 0.25) is 0 Å². The number of carbonyl (C=O) groups excluding carboxylic acids is 2. The van der Waals surface area contributed by atoms with E-state index in [1.165, 1.54) is 218 Å². The largest absolute Gasteiger partial charge is 0.472 e. The maximum absolute atomic E-state index is 13.6. The van der Waals surface area contributed by atoms with Gasteiger partial charge in [-0.15, -0.1) is 0 Å². The van der Waals surface area contributed by atoms with Crippen LogP contribution >= 0.6 is 7.82 Å². The van der Waals surface area contributed by atoms with E-state index >= 15 is 0 Å². The number of allylic oxidation sites excluding steroid dienone is 5. The summed E-state index contributed by atoms with van der Waals surface area (Å²) in [4.78, 5) is 37.7. The van der Waals surface area contributed by atoms with Crippen molar-refractivity contribution in [3.8, 4) is 0 Å². The predicted octanol–water partition coefficient (Wildman–Crippen LogP) is 19.9. The first kappa shape index (κ1) is 73.2. The Kier molecular flexibility index (Phi) is 54.2. The summed E-state index contributed by atoms with van der Waals surface area (Å²) in [6.07, 6.45) is 67.1. The Labute approximate surface area is 466 Å². The molecule has 3 atom stereocenters. The van der Waals surface area contributed by atoms with E-state index in [0.29, 0.717) is 23.9 Å². The molecule has 442 valence electrons. The third-order valence-electron chi connectivity index (χ3n) is 14.6. The van der Waals surface area contributed by atoms with E-state index in [4.69, 9.17) is 13.8 Å². The van der Waals surface area contributed by atoms with Gasteiger partial charge in [0.2, 0.25) is 5.91 Å². The normalized spacial score (nSPS) is 13.9. The van der Waals surface area contributed by atoms with Gasteiger partial charge < -0.3 is 19.4 Å². The summed E-state index contributed by atoms with van der Waals surface area (Å²) in [5.74, 6) is -0.491. The third kappa shape index (κ3) is 56.8. The fourth-order valence-corrected chi connectivity index (χ4v) is 10.3. The lowest BCUT2D eigenvalue weighted by Gasteiger charge is -2.27. The van der Waals surface area contributed by atoms with Crippen LogP contribution in [0.4, 0.5) is 0 Å². The van der Waals surface area contributed by atoms with Crippen LogP contribution in [0.15, 0.2) is 36.5 Å². The lowest BCUT2D eigenvalue weighted by atomic mass is 10.0. The highest BCUT2D eigenvalue weighted by Crippen LogP contribution is 2.43. The molecule has 0 aliphatic carbocycles. The van der Waals surface area contributed by atoms with Crippen molar-refractivity contribution in [3.63, 3.8) is 0 Å². The van der Waals surface area contributed by atoms with Gasteiger partial charge in [-0.2, -0.15) is 0 Å². The summed E-state index contributed by atoms with van der Waals surface area (Å²) in [7, 11) is 1.51. The van der Waals surface area contributed by atoms with Crippen molar-refractivity contribution in [2.24, 2.45) is 0 Å². The second-order valence-corrected chi connectivity index (χ2v) is 24.7. The second kappa shape index (κ2) is 55.5. The van der Waals surface area contributed by atoms with Gasteiger partial charge in [-0.05, 0) is 63.9 Å². The van der Waals surface area contributed by atoms with Crippen molar-refractivity contribution in [2.75, 3.05) is 40.9 Å². The predicted molar refractivity (Wildman–Crippen MR) is 323 cm³/mol. The maximum Gasteiger partial charge on any atom is 0.472 e. The topological polar surface area (TPSA) is 111 Å². The highest BCUT2D eigenvalue weighted by Gasteiger charge is 2.30. The second-order valence-electron chi connectivity index (χ2n) is 23.3. The average molecular weight is 1080 g/mol. The zero-order valence-electron chi connectivity index (χ0n) is 50.6. The summed E-state index contributed by atoms with van der Waals surface area (Å²) in [5.41, 5.74) is 0. The molecule has 0 radical (unpaired) electrons. The summed E-state index contributed by atoms with van der Waals surface area (Å²) in [6.45, 7) is 7.02. The van der Waals surface area contributed by atoms with Gasteiger partial charge in [0.1, 0.15) is 19.3 Å². The van der Waals surface area contributed by atoms with Gasteiger partial charge in [-0.3, -0.25) is 18.6 Å². The number of nitrogens with one attached hydrogen (secondary N) is 1. The van der Waals surface area contributed by atoms with Crippen LogP contribution in [0.25, 0.3) is 0 Å². The summed E-state index contributed by atoms with van der Waals surface area (Å²) in [5, 5.41) is 3.07. The first-order chi connectivity index (χ1) is 36.4. The zero-order valence-corrected chi connectivity index (χ0v) is 51.5. The van der Waals surface area contributed by atoms with Gasteiger partial charge >= 0.3 is 13.8 Å². The number of nitrogens with zero attached hydrogens (tertiary/aromatic N) is 1. The first-order valence-corrected chi connectivity index (χ1v) is 33.8. The number of hydrogen-bond donors (Lipinski definition) is 2. The number of unbranched alkanes of at least 4 members (excludes halogenated alkanes) is 39. The molecule has 0 bridgehead atoms. The Morgan fingerprint density at radius 3 is 1.23 bits per heavy atom. The summed E-state index contributed by atoms with van der Waals surface area (Å²) < 4.78 is 30.7. The number of likely N-dealkylation sites (N-methyl/N-ethyl adjacent to an activating group) is 1. The minimum Gasteiger partial charge on any atom is -0.456 e. The number of esters is 1. The molecule has 0 aliphatic rings. The molecule has 0 rings (SSSR count). The Morgan fingerprint density at radius 2 is 0.813 bits per heavy atom. The fourth-order valence-electron chi connectivity index (χ4n) is 9.56. The van der Waals surface area contributed by atoms with Gasteiger partial charge in [0.05, 0.1) is 33.8 Å². The highest BCUT2D eigenvalue weighted by atomic mass is 31.2. The van der Waals surface area contributed by atoms with Crippen molar-refractivity contribution in [1.29, 1.82) is 0 Å². The molecule has 0 heterocycles. The van der Waals surface area contributed by atoms with Crippen molar-refractivity contribution >= 4 is 19.7 Å². The minimum atomic E-state index is -4.44. The van der Waals surface area contributed by atoms with Gasteiger partial charge in [-0.25, -0.2) is 4.57 Å². The average Bonchev–Trinajstić information content (AvgIpc) is 3.37. The minimum absolute atomic E-state index is 0.0429. The molecule has 2 N–H and O–H groups in total. The van der Waals surface area contributed by atoms with E-state index in [-0.39, 0.29) is 25.1 Å². The van der Waals surface area contributed by atoms with E-state index in [1.54, 1.807) is 0 Å².